The van der Waals surface area contributed by atoms with Crippen LogP contribution in [0.3, 0.4) is 0 Å². The molecular formula is C23H34O2. The van der Waals surface area contributed by atoms with E-state index < -0.39 is 0 Å². The number of phenols is 2. The summed E-state index contributed by atoms with van der Waals surface area (Å²) in [6, 6.07) is 9.94. The summed E-state index contributed by atoms with van der Waals surface area (Å²) in [5.74, 6) is 0.878. The highest BCUT2D eigenvalue weighted by Gasteiger charge is 2.19. The predicted octanol–water partition coefficient (Wildman–Crippen LogP) is 6.30. The molecule has 0 aliphatic heterocycles. The maximum absolute atomic E-state index is 9.86. The van der Waals surface area contributed by atoms with Gasteiger partial charge in [0.15, 0.2) is 0 Å². The first-order chi connectivity index (χ1) is 11.2. The fourth-order valence-corrected chi connectivity index (χ4v) is 2.80. The van der Waals surface area contributed by atoms with Crippen LogP contribution in [-0.2, 0) is 10.8 Å². The molecule has 2 aromatic carbocycles. The molecule has 25 heavy (non-hydrogen) atoms. The minimum Gasteiger partial charge on any atom is -0.507 e. The van der Waals surface area contributed by atoms with E-state index >= 15 is 0 Å². The van der Waals surface area contributed by atoms with Crippen molar-refractivity contribution in [1.29, 1.82) is 0 Å². The number of hydrogen-bond donors (Lipinski definition) is 2. The molecule has 0 atom stereocenters. The van der Waals surface area contributed by atoms with E-state index in [1.54, 1.807) is 0 Å². The highest BCUT2D eigenvalue weighted by atomic mass is 16.3. The van der Waals surface area contributed by atoms with Crippen molar-refractivity contribution in [2.24, 2.45) is 0 Å². The molecule has 2 N–H and O–H groups in total. The molecule has 2 heteroatoms. The number of rotatable bonds is 0. The van der Waals surface area contributed by atoms with Gasteiger partial charge in [-0.25, -0.2) is 0 Å². The maximum atomic E-state index is 9.86. The monoisotopic (exact) mass is 342 g/mol. The summed E-state index contributed by atoms with van der Waals surface area (Å²) in [5.41, 5.74) is 5.21. The summed E-state index contributed by atoms with van der Waals surface area (Å²) in [4.78, 5) is 0. The second kappa shape index (κ2) is 7.51. The summed E-state index contributed by atoms with van der Waals surface area (Å²) in [6.07, 6.45) is 0. The normalized spacial score (nSPS) is 11.7. The first-order valence-electron chi connectivity index (χ1n) is 8.85. The van der Waals surface area contributed by atoms with Gasteiger partial charge >= 0.3 is 0 Å². The first kappa shape index (κ1) is 21.1. The van der Waals surface area contributed by atoms with Crippen LogP contribution in [0.4, 0.5) is 0 Å². The van der Waals surface area contributed by atoms with Crippen LogP contribution in [-0.4, -0.2) is 10.2 Å². The summed E-state index contributed by atoms with van der Waals surface area (Å²) in [6.45, 7) is 18.6. The number of para-hydroxylation sites is 1. The fraction of sp³-hybridized carbons (Fsp3) is 0.478. The van der Waals surface area contributed by atoms with Gasteiger partial charge in [-0.15, -0.1) is 0 Å². The average molecular weight is 343 g/mol. The molecule has 0 aliphatic rings. The van der Waals surface area contributed by atoms with E-state index in [0.29, 0.717) is 11.5 Å². The van der Waals surface area contributed by atoms with Crippen LogP contribution >= 0.6 is 0 Å². The van der Waals surface area contributed by atoms with Crippen LogP contribution in [0.5, 0.6) is 11.5 Å². The number of phenolic OH excluding ortho intramolecular Hbond substituents is 2. The molecule has 2 aromatic rings. The number of benzene rings is 2. The third-order valence-electron chi connectivity index (χ3n) is 4.30. The van der Waals surface area contributed by atoms with Crippen molar-refractivity contribution in [3.8, 4) is 11.5 Å². The minimum absolute atomic E-state index is 0.0147. The van der Waals surface area contributed by atoms with E-state index in [4.69, 9.17) is 0 Å². The SMILES string of the molecule is Cc1cc(C)c(O)c(C(C)(C)C)c1.Cc1cccc(C(C)(C)C)c1O. The standard InChI is InChI=1S/C12H18O.C11H16O/c1-8-6-9(2)11(13)10(7-8)12(3,4)5;1-8-6-5-7-9(10(8)12)11(2,3)4/h6-7,13H,1-5H3;5-7,12H,1-4H3. The first-order valence-corrected chi connectivity index (χ1v) is 8.85. The van der Waals surface area contributed by atoms with Crippen LogP contribution in [0.25, 0.3) is 0 Å². The lowest BCUT2D eigenvalue weighted by atomic mass is 9.84. The van der Waals surface area contributed by atoms with Crippen molar-refractivity contribution in [3.05, 3.63) is 58.1 Å². The Morgan fingerprint density at radius 3 is 1.56 bits per heavy atom. The zero-order valence-electron chi connectivity index (χ0n) is 17.3. The molecule has 0 aromatic heterocycles. The van der Waals surface area contributed by atoms with E-state index in [9.17, 15) is 10.2 Å². The number of aryl methyl sites for hydroxylation is 3. The van der Waals surface area contributed by atoms with Gasteiger partial charge in [-0.05, 0) is 53.9 Å². The van der Waals surface area contributed by atoms with Crippen molar-refractivity contribution >= 4 is 0 Å². The molecule has 138 valence electrons. The molecule has 0 heterocycles. The Morgan fingerprint density at radius 2 is 1.12 bits per heavy atom. The zero-order chi connectivity index (χ0) is 19.6. The Labute approximate surface area is 153 Å². The lowest BCUT2D eigenvalue weighted by Crippen LogP contribution is -2.12. The van der Waals surface area contributed by atoms with Gasteiger partial charge in [0.05, 0.1) is 0 Å². The van der Waals surface area contributed by atoms with Gasteiger partial charge in [-0.2, -0.15) is 0 Å². The van der Waals surface area contributed by atoms with Gasteiger partial charge in [0, 0.05) is 0 Å². The van der Waals surface area contributed by atoms with E-state index in [-0.39, 0.29) is 10.8 Å². The molecule has 2 rings (SSSR count). The molecule has 0 saturated carbocycles. The van der Waals surface area contributed by atoms with Crippen molar-refractivity contribution in [1.82, 2.24) is 0 Å². The minimum atomic E-state index is 0.0147. The highest BCUT2D eigenvalue weighted by Crippen LogP contribution is 2.34. The fourth-order valence-electron chi connectivity index (χ4n) is 2.80. The third kappa shape index (κ3) is 5.52. The van der Waals surface area contributed by atoms with E-state index in [2.05, 4.69) is 54.5 Å². The summed E-state index contributed by atoms with van der Waals surface area (Å²) >= 11 is 0. The zero-order valence-corrected chi connectivity index (χ0v) is 17.3. The van der Waals surface area contributed by atoms with Crippen molar-refractivity contribution in [3.63, 3.8) is 0 Å². The van der Waals surface area contributed by atoms with E-state index in [1.165, 1.54) is 5.56 Å². The molecule has 0 amide bonds. The van der Waals surface area contributed by atoms with Crippen LogP contribution in [0.1, 0.15) is 69.4 Å². The Kier molecular flexibility index (Phi) is 6.33. The Balaban J connectivity index is 0.000000251. The van der Waals surface area contributed by atoms with Gasteiger partial charge in [-0.3, -0.25) is 0 Å². The van der Waals surface area contributed by atoms with Crippen LogP contribution in [0, 0.1) is 20.8 Å². The molecular weight excluding hydrogens is 308 g/mol. The molecule has 0 spiro atoms. The van der Waals surface area contributed by atoms with Gasteiger partial charge < -0.3 is 10.2 Å². The number of hydrogen-bond acceptors (Lipinski definition) is 2. The average Bonchev–Trinajstić information content (AvgIpc) is 2.44. The molecule has 0 aliphatic carbocycles. The lowest BCUT2D eigenvalue weighted by molar-refractivity contribution is 0.442. The molecule has 2 nitrogen and oxygen atoms in total. The molecule has 0 unspecified atom stereocenters. The lowest BCUT2D eigenvalue weighted by Gasteiger charge is -2.22. The Hall–Kier alpha value is -1.96. The maximum Gasteiger partial charge on any atom is 0.122 e. The summed E-state index contributed by atoms with van der Waals surface area (Å²) in [5, 5.41) is 19.6. The summed E-state index contributed by atoms with van der Waals surface area (Å²) < 4.78 is 0. The second-order valence-electron chi connectivity index (χ2n) is 8.95. The number of aromatic hydroxyl groups is 2. The van der Waals surface area contributed by atoms with Gasteiger partial charge in [0.2, 0.25) is 0 Å². The molecule has 0 radical (unpaired) electrons. The van der Waals surface area contributed by atoms with E-state index in [0.717, 1.165) is 22.3 Å². The second-order valence-corrected chi connectivity index (χ2v) is 8.95. The topological polar surface area (TPSA) is 40.5 Å². The van der Waals surface area contributed by atoms with Crippen LogP contribution < -0.4 is 0 Å². The Morgan fingerprint density at radius 1 is 0.640 bits per heavy atom. The Bertz CT molecular complexity index is 729. The quantitative estimate of drug-likeness (QED) is 0.589. The van der Waals surface area contributed by atoms with Gasteiger partial charge in [0.25, 0.3) is 0 Å². The molecule has 0 saturated heterocycles. The molecule has 0 fully saturated rings. The summed E-state index contributed by atoms with van der Waals surface area (Å²) in [7, 11) is 0. The van der Waals surface area contributed by atoms with Gasteiger partial charge in [-0.1, -0.05) is 77.4 Å². The van der Waals surface area contributed by atoms with Crippen LogP contribution in [0.15, 0.2) is 30.3 Å². The third-order valence-corrected chi connectivity index (χ3v) is 4.30. The van der Waals surface area contributed by atoms with Crippen molar-refractivity contribution < 1.29 is 10.2 Å². The van der Waals surface area contributed by atoms with Gasteiger partial charge in [0.1, 0.15) is 11.5 Å². The van der Waals surface area contributed by atoms with Crippen LogP contribution in [0.2, 0.25) is 0 Å². The van der Waals surface area contributed by atoms with E-state index in [1.807, 2.05) is 38.1 Å². The smallest absolute Gasteiger partial charge is 0.122 e. The van der Waals surface area contributed by atoms with Crippen molar-refractivity contribution in [2.75, 3.05) is 0 Å². The molecule has 0 bridgehead atoms. The highest BCUT2D eigenvalue weighted by molar-refractivity contribution is 5.46. The largest absolute Gasteiger partial charge is 0.507 e. The van der Waals surface area contributed by atoms with Crippen molar-refractivity contribution in [2.45, 2.75) is 73.1 Å². The predicted molar refractivity (Wildman–Crippen MR) is 108 cm³/mol.